The molecular formula is C14H11FN4O2S. The van der Waals surface area contributed by atoms with E-state index in [0.29, 0.717) is 10.8 Å². The van der Waals surface area contributed by atoms with Crippen molar-refractivity contribution in [3.05, 3.63) is 58.1 Å². The SMILES string of the molecule is Cc1csc(-n2nnc(C(=O)O)c2Cc2ccc(F)cc2)n1. The lowest BCUT2D eigenvalue weighted by molar-refractivity contribution is 0.0689. The molecule has 0 aliphatic carbocycles. The molecule has 0 saturated heterocycles. The molecule has 2 aromatic heterocycles. The molecule has 0 radical (unpaired) electrons. The van der Waals surface area contributed by atoms with Gasteiger partial charge in [-0.05, 0) is 24.6 Å². The fourth-order valence-electron chi connectivity index (χ4n) is 2.01. The Morgan fingerprint density at radius 1 is 1.36 bits per heavy atom. The zero-order chi connectivity index (χ0) is 15.7. The number of carbonyl (C=O) groups is 1. The van der Waals surface area contributed by atoms with E-state index in [9.17, 15) is 14.3 Å². The van der Waals surface area contributed by atoms with Crippen LogP contribution in [0.1, 0.15) is 27.4 Å². The number of thiazole rings is 1. The van der Waals surface area contributed by atoms with Gasteiger partial charge in [-0.15, -0.1) is 16.4 Å². The molecule has 3 rings (SSSR count). The van der Waals surface area contributed by atoms with Gasteiger partial charge in [0.05, 0.1) is 11.4 Å². The summed E-state index contributed by atoms with van der Waals surface area (Å²) < 4.78 is 14.4. The highest BCUT2D eigenvalue weighted by atomic mass is 32.1. The third-order valence-electron chi connectivity index (χ3n) is 3.04. The Balaban J connectivity index is 2.05. The Morgan fingerprint density at radius 2 is 2.09 bits per heavy atom. The molecule has 0 fully saturated rings. The number of aromatic carboxylic acids is 1. The first-order valence-electron chi connectivity index (χ1n) is 6.39. The number of rotatable bonds is 4. The molecule has 0 aliphatic heterocycles. The minimum Gasteiger partial charge on any atom is -0.476 e. The van der Waals surface area contributed by atoms with E-state index in [1.165, 1.54) is 28.2 Å². The quantitative estimate of drug-likeness (QED) is 0.799. The van der Waals surface area contributed by atoms with E-state index >= 15 is 0 Å². The number of carboxylic acid groups (broad SMARTS) is 1. The van der Waals surface area contributed by atoms with Gasteiger partial charge in [0, 0.05) is 11.8 Å². The molecule has 1 aromatic carbocycles. The van der Waals surface area contributed by atoms with Crippen LogP contribution in [0.3, 0.4) is 0 Å². The lowest BCUT2D eigenvalue weighted by Crippen LogP contribution is -2.07. The van der Waals surface area contributed by atoms with Gasteiger partial charge in [-0.1, -0.05) is 17.3 Å². The van der Waals surface area contributed by atoms with Crippen molar-refractivity contribution in [2.45, 2.75) is 13.3 Å². The zero-order valence-electron chi connectivity index (χ0n) is 11.5. The van der Waals surface area contributed by atoms with Crippen LogP contribution in [0.2, 0.25) is 0 Å². The highest BCUT2D eigenvalue weighted by Gasteiger charge is 2.21. The summed E-state index contributed by atoms with van der Waals surface area (Å²) in [7, 11) is 0. The Kier molecular flexibility index (Phi) is 3.68. The van der Waals surface area contributed by atoms with Crippen molar-refractivity contribution in [1.29, 1.82) is 0 Å². The maximum absolute atomic E-state index is 13.0. The number of hydrogen-bond acceptors (Lipinski definition) is 5. The molecule has 22 heavy (non-hydrogen) atoms. The molecule has 1 N–H and O–H groups in total. The van der Waals surface area contributed by atoms with Crippen LogP contribution in [0.15, 0.2) is 29.6 Å². The van der Waals surface area contributed by atoms with Gasteiger partial charge in [0.1, 0.15) is 5.82 Å². The van der Waals surface area contributed by atoms with Crippen molar-refractivity contribution < 1.29 is 14.3 Å². The van der Waals surface area contributed by atoms with Gasteiger partial charge in [-0.3, -0.25) is 0 Å². The average Bonchev–Trinajstić information content (AvgIpc) is 3.07. The van der Waals surface area contributed by atoms with E-state index in [1.807, 2.05) is 12.3 Å². The molecule has 3 aromatic rings. The van der Waals surface area contributed by atoms with Crippen LogP contribution in [-0.2, 0) is 6.42 Å². The van der Waals surface area contributed by atoms with Gasteiger partial charge in [0.2, 0.25) is 5.13 Å². The lowest BCUT2D eigenvalue weighted by Gasteiger charge is -2.04. The van der Waals surface area contributed by atoms with Crippen LogP contribution in [0.4, 0.5) is 4.39 Å². The largest absolute Gasteiger partial charge is 0.476 e. The van der Waals surface area contributed by atoms with Crippen LogP contribution >= 0.6 is 11.3 Å². The van der Waals surface area contributed by atoms with E-state index in [2.05, 4.69) is 15.3 Å². The van der Waals surface area contributed by atoms with Gasteiger partial charge in [-0.2, -0.15) is 4.68 Å². The number of benzene rings is 1. The first kappa shape index (κ1) is 14.3. The van der Waals surface area contributed by atoms with Gasteiger partial charge in [0.25, 0.3) is 0 Å². The second kappa shape index (κ2) is 5.64. The summed E-state index contributed by atoms with van der Waals surface area (Å²) in [5, 5.41) is 19.3. The summed E-state index contributed by atoms with van der Waals surface area (Å²) in [4.78, 5) is 15.6. The van der Waals surface area contributed by atoms with Gasteiger partial charge >= 0.3 is 5.97 Å². The Hall–Kier alpha value is -2.61. The van der Waals surface area contributed by atoms with E-state index in [1.54, 1.807) is 12.1 Å². The summed E-state index contributed by atoms with van der Waals surface area (Å²) >= 11 is 1.35. The topological polar surface area (TPSA) is 80.9 Å². The average molecular weight is 318 g/mol. The molecule has 2 heterocycles. The Bertz CT molecular complexity index is 826. The molecule has 8 heteroatoms. The molecule has 112 valence electrons. The van der Waals surface area contributed by atoms with Gasteiger partial charge < -0.3 is 5.11 Å². The number of hydrogen-bond donors (Lipinski definition) is 1. The molecule has 0 unspecified atom stereocenters. The fraction of sp³-hybridized carbons (Fsp3) is 0.143. The summed E-state index contributed by atoms with van der Waals surface area (Å²) in [5.74, 6) is -1.50. The number of aryl methyl sites for hydroxylation is 1. The lowest BCUT2D eigenvalue weighted by atomic mass is 10.1. The van der Waals surface area contributed by atoms with E-state index in [-0.39, 0.29) is 17.9 Å². The normalized spacial score (nSPS) is 10.8. The minimum atomic E-state index is -1.16. The summed E-state index contributed by atoms with van der Waals surface area (Å²) in [6.45, 7) is 1.84. The molecule has 0 atom stereocenters. The third-order valence-corrected chi connectivity index (χ3v) is 3.97. The van der Waals surface area contributed by atoms with Crippen LogP contribution in [0.25, 0.3) is 5.13 Å². The first-order valence-corrected chi connectivity index (χ1v) is 7.27. The molecule has 0 bridgehead atoms. The zero-order valence-corrected chi connectivity index (χ0v) is 12.3. The van der Waals surface area contributed by atoms with Crippen molar-refractivity contribution >= 4 is 17.3 Å². The maximum Gasteiger partial charge on any atom is 0.358 e. The third kappa shape index (κ3) is 2.73. The smallest absolute Gasteiger partial charge is 0.358 e. The summed E-state index contributed by atoms with van der Waals surface area (Å²) in [6.07, 6.45) is 0.271. The second-order valence-corrected chi connectivity index (χ2v) is 5.51. The van der Waals surface area contributed by atoms with Crippen molar-refractivity contribution in [2.24, 2.45) is 0 Å². The van der Waals surface area contributed by atoms with Crippen molar-refractivity contribution in [1.82, 2.24) is 20.0 Å². The summed E-state index contributed by atoms with van der Waals surface area (Å²) in [6, 6.07) is 5.87. The predicted molar refractivity (Wildman–Crippen MR) is 77.9 cm³/mol. The molecule has 0 saturated carbocycles. The Labute approximate surface area is 128 Å². The molecule has 0 aliphatic rings. The molecule has 6 nitrogen and oxygen atoms in total. The van der Waals surface area contributed by atoms with E-state index in [0.717, 1.165) is 11.3 Å². The molecular weight excluding hydrogens is 307 g/mol. The number of nitrogens with zero attached hydrogens (tertiary/aromatic N) is 4. The second-order valence-electron chi connectivity index (χ2n) is 4.68. The maximum atomic E-state index is 13.0. The van der Waals surface area contributed by atoms with Crippen LogP contribution in [0.5, 0.6) is 0 Å². The molecule has 0 spiro atoms. The minimum absolute atomic E-state index is 0.128. The predicted octanol–water partition coefficient (Wildman–Crippen LogP) is 2.46. The monoisotopic (exact) mass is 318 g/mol. The number of halogens is 1. The van der Waals surface area contributed by atoms with Gasteiger partial charge in [-0.25, -0.2) is 14.2 Å². The highest BCUT2D eigenvalue weighted by molar-refractivity contribution is 7.12. The summed E-state index contributed by atoms with van der Waals surface area (Å²) in [5.41, 5.74) is 1.87. The Morgan fingerprint density at radius 3 is 2.68 bits per heavy atom. The van der Waals surface area contributed by atoms with Crippen LogP contribution in [0, 0.1) is 12.7 Å². The van der Waals surface area contributed by atoms with Crippen LogP contribution in [-0.4, -0.2) is 31.1 Å². The number of carboxylic acids is 1. The number of aromatic nitrogens is 4. The molecule has 0 amide bonds. The highest BCUT2D eigenvalue weighted by Crippen LogP contribution is 2.20. The standard InChI is InChI=1S/C14H11FN4O2S/c1-8-7-22-14(16-8)19-11(12(13(20)21)17-18-19)6-9-2-4-10(15)5-3-9/h2-5,7H,6H2,1H3,(H,20,21). The van der Waals surface area contributed by atoms with Crippen molar-refractivity contribution in [3.8, 4) is 5.13 Å². The van der Waals surface area contributed by atoms with Crippen molar-refractivity contribution in [3.63, 3.8) is 0 Å². The van der Waals surface area contributed by atoms with Crippen molar-refractivity contribution in [2.75, 3.05) is 0 Å². The van der Waals surface area contributed by atoms with Crippen LogP contribution < -0.4 is 0 Å². The first-order chi connectivity index (χ1) is 10.5. The van der Waals surface area contributed by atoms with Gasteiger partial charge in [0.15, 0.2) is 5.69 Å². The fourth-order valence-corrected chi connectivity index (χ4v) is 2.79. The van der Waals surface area contributed by atoms with E-state index < -0.39 is 5.97 Å². The van der Waals surface area contributed by atoms with E-state index in [4.69, 9.17) is 0 Å².